The molecule has 0 unspecified atom stereocenters. The Bertz CT molecular complexity index is 942. The summed E-state index contributed by atoms with van der Waals surface area (Å²) in [5.41, 5.74) is 4.50. The van der Waals surface area contributed by atoms with Crippen LogP contribution in [0.3, 0.4) is 0 Å². The maximum absolute atomic E-state index is 13.6. The summed E-state index contributed by atoms with van der Waals surface area (Å²) in [4.78, 5) is 15.7. The van der Waals surface area contributed by atoms with E-state index >= 15 is 0 Å². The number of aryl methyl sites for hydroxylation is 1. The van der Waals surface area contributed by atoms with E-state index in [2.05, 4.69) is 22.3 Å². The quantitative estimate of drug-likeness (QED) is 0.466. The third kappa shape index (κ3) is 5.54. The van der Waals surface area contributed by atoms with Crippen molar-refractivity contribution in [1.82, 2.24) is 4.90 Å². The Morgan fingerprint density at radius 3 is 2.21 bits per heavy atom. The third-order valence-corrected chi connectivity index (χ3v) is 8.25. The predicted molar refractivity (Wildman–Crippen MR) is 136 cm³/mol. The van der Waals surface area contributed by atoms with Crippen molar-refractivity contribution in [3.05, 3.63) is 58.7 Å². The Balaban J connectivity index is 1.50. The first-order valence-corrected chi connectivity index (χ1v) is 12.9. The van der Waals surface area contributed by atoms with Crippen molar-refractivity contribution < 1.29 is 9.90 Å². The Morgan fingerprint density at radius 1 is 0.909 bits per heavy atom. The molecule has 2 fully saturated rings. The van der Waals surface area contributed by atoms with Gasteiger partial charge in [-0.2, -0.15) is 0 Å². The molecule has 2 aromatic rings. The highest BCUT2D eigenvalue weighted by atomic mass is 16.3. The van der Waals surface area contributed by atoms with E-state index in [1.807, 2.05) is 45.0 Å². The molecule has 33 heavy (non-hydrogen) atoms. The fraction of sp³-hybridized carbons (Fsp3) is 0.552. The second-order valence-electron chi connectivity index (χ2n) is 10.3. The molecule has 2 N–H and O–H groups in total. The van der Waals surface area contributed by atoms with Crippen molar-refractivity contribution >= 4 is 11.7 Å². The summed E-state index contributed by atoms with van der Waals surface area (Å²) < 4.78 is 0. The maximum atomic E-state index is 13.6. The van der Waals surface area contributed by atoms with E-state index in [9.17, 15) is 9.90 Å². The number of hydrogen-bond acceptors (Lipinski definition) is 2. The van der Waals surface area contributed by atoms with Gasteiger partial charge in [-0.3, -0.25) is 0 Å². The largest absolute Gasteiger partial charge is 0.507 e. The molecule has 0 heterocycles. The first kappa shape index (κ1) is 23.7. The van der Waals surface area contributed by atoms with Crippen LogP contribution in [-0.2, 0) is 6.54 Å². The third-order valence-electron chi connectivity index (χ3n) is 8.25. The minimum Gasteiger partial charge on any atom is -0.507 e. The van der Waals surface area contributed by atoms with Crippen LogP contribution in [0.1, 0.15) is 80.0 Å². The smallest absolute Gasteiger partial charge is 0.322 e. The number of phenols is 1. The number of rotatable bonds is 5. The average molecular weight is 449 g/mol. The van der Waals surface area contributed by atoms with E-state index in [-0.39, 0.29) is 12.1 Å². The lowest BCUT2D eigenvalue weighted by molar-refractivity contribution is 0.120. The molecule has 2 aliphatic carbocycles. The topological polar surface area (TPSA) is 52.6 Å². The van der Waals surface area contributed by atoms with Gasteiger partial charge in [0.15, 0.2) is 0 Å². The van der Waals surface area contributed by atoms with Crippen molar-refractivity contribution in [3.8, 4) is 5.75 Å². The fourth-order valence-electron chi connectivity index (χ4n) is 6.02. The first-order valence-electron chi connectivity index (χ1n) is 12.9. The standard InChI is InChI=1S/C29H40N2O2/c1-20-18-27(21(2)22(3)28(20)32)30-29(33)31(19-23-10-6-4-7-11-23)26-16-14-25(15-17-26)24-12-8-5-9-13-24/h4,6-7,10-11,18,24-26,32H,5,8-9,12-17,19H2,1-3H3,(H,30,33). The van der Waals surface area contributed by atoms with Crippen LogP contribution in [-0.4, -0.2) is 22.1 Å². The van der Waals surface area contributed by atoms with Gasteiger partial charge in [-0.25, -0.2) is 4.79 Å². The van der Waals surface area contributed by atoms with Crippen LogP contribution < -0.4 is 5.32 Å². The van der Waals surface area contributed by atoms with Crippen molar-refractivity contribution in [2.24, 2.45) is 11.8 Å². The summed E-state index contributed by atoms with van der Waals surface area (Å²) in [7, 11) is 0. The normalized spacial score (nSPS) is 21.5. The summed E-state index contributed by atoms with van der Waals surface area (Å²) >= 11 is 0. The number of nitrogens with zero attached hydrogens (tertiary/aromatic N) is 1. The van der Waals surface area contributed by atoms with E-state index in [0.717, 1.165) is 52.6 Å². The van der Waals surface area contributed by atoms with Gasteiger partial charge in [-0.05, 0) is 86.6 Å². The summed E-state index contributed by atoms with van der Waals surface area (Å²) in [6.07, 6.45) is 11.7. The number of aromatic hydroxyl groups is 1. The number of nitrogens with one attached hydrogen (secondary N) is 1. The van der Waals surface area contributed by atoms with Crippen molar-refractivity contribution in [2.75, 3.05) is 5.32 Å². The zero-order valence-corrected chi connectivity index (χ0v) is 20.6. The summed E-state index contributed by atoms with van der Waals surface area (Å²) in [5, 5.41) is 13.4. The maximum Gasteiger partial charge on any atom is 0.322 e. The van der Waals surface area contributed by atoms with Crippen LogP contribution in [0.15, 0.2) is 36.4 Å². The molecular weight excluding hydrogens is 408 g/mol. The van der Waals surface area contributed by atoms with E-state index in [1.54, 1.807) is 0 Å². The van der Waals surface area contributed by atoms with Gasteiger partial charge in [0.1, 0.15) is 5.75 Å². The van der Waals surface area contributed by atoms with E-state index in [4.69, 9.17) is 0 Å². The van der Waals surface area contributed by atoms with Crippen LogP contribution in [0.25, 0.3) is 0 Å². The highest BCUT2D eigenvalue weighted by molar-refractivity contribution is 5.91. The molecule has 0 radical (unpaired) electrons. The molecular formula is C29H40N2O2. The molecule has 0 atom stereocenters. The molecule has 2 aliphatic rings. The van der Waals surface area contributed by atoms with Crippen LogP contribution in [0.4, 0.5) is 10.5 Å². The average Bonchev–Trinajstić information content (AvgIpc) is 2.86. The summed E-state index contributed by atoms with van der Waals surface area (Å²) in [6.45, 7) is 6.37. The van der Waals surface area contributed by atoms with Gasteiger partial charge in [0.25, 0.3) is 0 Å². The molecule has 0 spiro atoms. The Kier molecular flexibility index (Phi) is 7.62. The van der Waals surface area contributed by atoms with E-state index < -0.39 is 0 Å². The highest BCUT2D eigenvalue weighted by Crippen LogP contribution is 2.40. The van der Waals surface area contributed by atoms with E-state index in [0.29, 0.717) is 12.3 Å². The van der Waals surface area contributed by atoms with Crippen LogP contribution in [0.5, 0.6) is 5.75 Å². The zero-order chi connectivity index (χ0) is 23.4. The molecule has 2 amide bonds. The number of carbonyl (C=O) groups excluding carboxylic acids is 1. The minimum absolute atomic E-state index is 0.0347. The zero-order valence-electron chi connectivity index (χ0n) is 20.6. The fourth-order valence-corrected chi connectivity index (χ4v) is 6.02. The summed E-state index contributed by atoms with van der Waals surface area (Å²) in [5.74, 6) is 2.06. The molecule has 0 aliphatic heterocycles. The number of benzene rings is 2. The lowest BCUT2D eigenvalue weighted by Crippen LogP contribution is -2.44. The number of anilines is 1. The van der Waals surface area contributed by atoms with Gasteiger partial charge in [-0.15, -0.1) is 0 Å². The molecule has 4 nitrogen and oxygen atoms in total. The highest BCUT2D eigenvalue weighted by Gasteiger charge is 2.33. The minimum atomic E-state index is -0.0347. The number of amides is 2. The lowest BCUT2D eigenvalue weighted by atomic mass is 9.72. The monoisotopic (exact) mass is 448 g/mol. The molecule has 4 heteroatoms. The summed E-state index contributed by atoms with van der Waals surface area (Å²) in [6, 6.07) is 12.4. The Hall–Kier alpha value is -2.49. The van der Waals surface area contributed by atoms with Gasteiger partial charge in [-0.1, -0.05) is 62.4 Å². The van der Waals surface area contributed by atoms with Gasteiger partial charge in [0.05, 0.1) is 0 Å². The van der Waals surface area contributed by atoms with Gasteiger partial charge in [0, 0.05) is 18.3 Å². The van der Waals surface area contributed by atoms with Gasteiger partial charge >= 0.3 is 6.03 Å². The van der Waals surface area contributed by atoms with Crippen molar-refractivity contribution in [2.45, 2.75) is 91.1 Å². The Labute approximate surface area is 199 Å². The molecule has 0 aromatic heterocycles. The van der Waals surface area contributed by atoms with Gasteiger partial charge < -0.3 is 15.3 Å². The lowest BCUT2D eigenvalue weighted by Gasteiger charge is -2.40. The SMILES string of the molecule is Cc1cc(NC(=O)N(Cc2ccccc2)C2CCC(C3CCCCC3)CC2)c(C)c(C)c1O. The predicted octanol–water partition coefficient (Wildman–Crippen LogP) is 7.49. The molecule has 4 rings (SSSR count). The van der Waals surface area contributed by atoms with Crippen LogP contribution in [0.2, 0.25) is 0 Å². The number of urea groups is 1. The first-order chi connectivity index (χ1) is 15.9. The second kappa shape index (κ2) is 10.6. The van der Waals surface area contributed by atoms with Gasteiger partial charge in [0.2, 0.25) is 0 Å². The number of hydrogen-bond donors (Lipinski definition) is 2. The number of carbonyl (C=O) groups is 1. The number of phenolic OH excluding ortho intramolecular Hbond substituents is 1. The molecule has 0 bridgehead atoms. The van der Waals surface area contributed by atoms with Crippen molar-refractivity contribution in [1.29, 1.82) is 0 Å². The molecule has 178 valence electrons. The molecule has 2 aromatic carbocycles. The second-order valence-corrected chi connectivity index (χ2v) is 10.3. The molecule has 0 saturated heterocycles. The Morgan fingerprint density at radius 2 is 1.55 bits per heavy atom. The molecule has 2 saturated carbocycles. The van der Waals surface area contributed by atoms with Crippen LogP contribution >= 0.6 is 0 Å². The van der Waals surface area contributed by atoms with Crippen molar-refractivity contribution in [3.63, 3.8) is 0 Å². The van der Waals surface area contributed by atoms with E-state index in [1.165, 1.54) is 44.9 Å². The van der Waals surface area contributed by atoms with Crippen LogP contribution in [0, 0.1) is 32.6 Å².